The molecule has 2 N–H and O–H groups in total. The highest BCUT2D eigenvalue weighted by Gasteiger charge is 2.57. The maximum absolute atomic E-state index is 13.4. The predicted octanol–water partition coefficient (Wildman–Crippen LogP) is 3.92. The lowest BCUT2D eigenvalue weighted by molar-refractivity contribution is -0.174. The van der Waals surface area contributed by atoms with Crippen molar-refractivity contribution in [3.8, 4) is 5.75 Å². The van der Waals surface area contributed by atoms with Gasteiger partial charge in [0.1, 0.15) is 24.9 Å². The van der Waals surface area contributed by atoms with E-state index < -0.39 is 47.5 Å². The molecule has 0 unspecified atom stereocenters. The molecule has 4 rings (SSSR count). The van der Waals surface area contributed by atoms with E-state index in [2.05, 4.69) is 0 Å². The Morgan fingerprint density at radius 2 is 1.33 bits per heavy atom. The third kappa shape index (κ3) is 5.63. The minimum Gasteiger partial charge on any atom is -0.508 e. The summed E-state index contributed by atoms with van der Waals surface area (Å²) in [5, 5.41) is 21.0. The number of aliphatic hydroxyl groups is 1. The highest BCUT2D eigenvalue weighted by atomic mass is 16.5. The van der Waals surface area contributed by atoms with Crippen LogP contribution in [-0.2, 0) is 37.1 Å². The van der Waals surface area contributed by atoms with Crippen LogP contribution in [0.5, 0.6) is 5.75 Å². The van der Waals surface area contributed by atoms with E-state index in [1.165, 1.54) is 31.2 Å². The standard InChI is InChI=1S/C29H28O7/c1-29(34)16-23(31)25(27(32)35-17-19-8-4-2-5-9-19)24(21-12-14-22(30)15-13-21)26(29)28(33)36-18-20-10-6-3-7-11-20/h2-15,24-26,30,34H,16-18H2,1H3/t24-,25+,26+,29-/m0/s1. The van der Waals surface area contributed by atoms with Crippen molar-refractivity contribution in [1.29, 1.82) is 0 Å². The molecule has 0 spiro atoms. The second kappa shape index (κ2) is 10.7. The zero-order valence-electron chi connectivity index (χ0n) is 19.9. The summed E-state index contributed by atoms with van der Waals surface area (Å²) in [5.74, 6) is -5.64. The molecule has 3 aromatic carbocycles. The lowest BCUT2D eigenvalue weighted by Crippen LogP contribution is -2.55. The number of hydrogen-bond acceptors (Lipinski definition) is 7. The van der Waals surface area contributed by atoms with E-state index in [1.54, 1.807) is 24.3 Å². The Balaban J connectivity index is 1.66. The van der Waals surface area contributed by atoms with Gasteiger partial charge in [0.05, 0.1) is 11.5 Å². The molecule has 0 heterocycles. The molecule has 0 bridgehead atoms. The first-order valence-corrected chi connectivity index (χ1v) is 11.7. The average molecular weight is 489 g/mol. The summed E-state index contributed by atoms with van der Waals surface area (Å²) in [6.45, 7) is 1.34. The summed E-state index contributed by atoms with van der Waals surface area (Å²) < 4.78 is 11.1. The van der Waals surface area contributed by atoms with Crippen molar-refractivity contribution < 1.29 is 34.1 Å². The van der Waals surface area contributed by atoms with Crippen LogP contribution in [0.4, 0.5) is 0 Å². The number of aromatic hydroxyl groups is 1. The van der Waals surface area contributed by atoms with Crippen LogP contribution in [0.25, 0.3) is 0 Å². The van der Waals surface area contributed by atoms with Crippen molar-refractivity contribution in [2.24, 2.45) is 11.8 Å². The van der Waals surface area contributed by atoms with Crippen LogP contribution in [0.2, 0.25) is 0 Å². The monoisotopic (exact) mass is 488 g/mol. The Bertz CT molecular complexity index is 1200. The molecule has 3 aromatic rings. The first-order valence-electron chi connectivity index (χ1n) is 11.7. The number of carbonyl (C=O) groups excluding carboxylic acids is 3. The van der Waals surface area contributed by atoms with Gasteiger partial charge in [0, 0.05) is 12.3 Å². The summed E-state index contributed by atoms with van der Waals surface area (Å²) in [6.07, 6.45) is -0.405. The maximum Gasteiger partial charge on any atom is 0.317 e. The SMILES string of the molecule is C[C@]1(O)CC(=O)[C@@H](C(=O)OCc2ccccc2)[C@H](c2ccc(O)cc2)[C@@H]1C(=O)OCc1ccccc1. The van der Waals surface area contributed by atoms with Gasteiger partial charge in [-0.1, -0.05) is 72.8 Å². The van der Waals surface area contributed by atoms with Crippen LogP contribution < -0.4 is 0 Å². The molecule has 7 nitrogen and oxygen atoms in total. The Hall–Kier alpha value is -3.97. The number of phenols is 1. The van der Waals surface area contributed by atoms with Crippen LogP contribution in [0, 0.1) is 11.8 Å². The summed E-state index contributed by atoms with van der Waals surface area (Å²) >= 11 is 0. The van der Waals surface area contributed by atoms with Crippen LogP contribution >= 0.6 is 0 Å². The topological polar surface area (TPSA) is 110 Å². The molecule has 1 fully saturated rings. The normalized spacial score (nSPS) is 23.6. The molecule has 7 heteroatoms. The van der Waals surface area contributed by atoms with E-state index in [-0.39, 0.29) is 19.0 Å². The maximum atomic E-state index is 13.4. The van der Waals surface area contributed by atoms with E-state index in [4.69, 9.17) is 9.47 Å². The van der Waals surface area contributed by atoms with Crippen LogP contribution in [0.1, 0.15) is 36.0 Å². The zero-order valence-corrected chi connectivity index (χ0v) is 19.9. The van der Waals surface area contributed by atoms with E-state index in [9.17, 15) is 24.6 Å². The number of benzene rings is 3. The van der Waals surface area contributed by atoms with Gasteiger partial charge in [-0.2, -0.15) is 0 Å². The van der Waals surface area contributed by atoms with Crippen LogP contribution in [0.3, 0.4) is 0 Å². The quantitative estimate of drug-likeness (QED) is 0.383. The molecule has 36 heavy (non-hydrogen) atoms. The van der Waals surface area contributed by atoms with Gasteiger partial charge in [-0.05, 0) is 35.7 Å². The van der Waals surface area contributed by atoms with Gasteiger partial charge < -0.3 is 19.7 Å². The largest absolute Gasteiger partial charge is 0.508 e. The molecule has 186 valence electrons. The van der Waals surface area contributed by atoms with Crippen molar-refractivity contribution in [3.63, 3.8) is 0 Å². The number of hydrogen-bond donors (Lipinski definition) is 2. The predicted molar refractivity (Wildman–Crippen MR) is 131 cm³/mol. The Morgan fingerprint density at radius 1 is 0.833 bits per heavy atom. The summed E-state index contributed by atoms with van der Waals surface area (Å²) in [6, 6.07) is 24.0. The van der Waals surface area contributed by atoms with Gasteiger partial charge >= 0.3 is 11.9 Å². The molecular weight excluding hydrogens is 460 g/mol. The van der Waals surface area contributed by atoms with Crippen molar-refractivity contribution in [1.82, 2.24) is 0 Å². The lowest BCUT2D eigenvalue weighted by atomic mass is 9.61. The van der Waals surface area contributed by atoms with Crippen molar-refractivity contribution >= 4 is 17.7 Å². The van der Waals surface area contributed by atoms with Gasteiger partial charge in [-0.15, -0.1) is 0 Å². The highest BCUT2D eigenvalue weighted by molar-refractivity contribution is 6.02. The zero-order chi connectivity index (χ0) is 25.7. The number of ketones is 1. The van der Waals surface area contributed by atoms with E-state index in [0.717, 1.165) is 11.1 Å². The van der Waals surface area contributed by atoms with E-state index in [0.29, 0.717) is 5.56 Å². The fraction of sp³-hybridized carbons (Fsp3) is 0.276. The fourth-order valence-electron chi connectivity index (χ4n) is 4.75. The Labute approximate surface area is 209 Å². The van der Waals surface area contributed by atoms with Gasteiger partial charge in [0.2, 0.25) is 0 Å². The molecule has 0 aliphatic heterocycles. The molecule has 1 saturated carbocycles. The third-order valence-corrected chi connectivity index (χ3v) is 6.50. The number of ether oxygens (including phenoxy) is 2. The summed E-state index contributed by atoms with van der Waals surface area (Å²) in [4.78, 5) is 39.9. The molecular formula is C29H28O7. The number of phenolic OH excluding ortho intramolecular Hbond substituents is 1. The lowest BCUT2D eigenvalue weighted by Gasteiger charge is -2.43. The fourth-order valence-corrected chi connectivity index (χ4v) is 4.75. The molecule has 0 saturated heterocycles. The minimum atomic E-state index is -1.76. The summed E-state index contributed by atoms with van der Waals surface area (Å²) in [7, 11) is 0. The Morgan fingerprint density at radius 3 is 1.86 bits per heavy atom. The molecule has 0 aromatic heterocycles. The van der Waals surface area contributed by atoms with Crippen LogP contribution in [0.15, 0.2) is 84.9 Å². The first-order chi connectivity index (χ1) is 17.3. The van der Waals surface area contributed by atoms with E-state index in [1.807, 2.05) is 36.4 Å². The van der Waals surface area contributed by atoms with Crippen molar-refractivity contribution in [2.75, 3.05) is 0 Å². The van der Waals surface area contributed by atoms with Gasteiger partial charge in [-0.25, -0.2) is 0 Å². The number of Topliss-reactive ketones (excluding diaryl/α,β-unsaturated/α-hetero) is 1. The summed E-state index contributed by atoms with van der Waals surface area (Å²) in [5.41, 5.74) is 0.187. The highest BCUT2D eigenvalue weighted by Crippen LogP contribution is 2.47. The molecule has 4 atom stereocenters. The third-order valence-electron chi connectivity index (χ3n) is 6.50. The van der Waals surface area contributed by atoms with Gasteiger partial charge in [0.25, 0.3) is 0 Å². The van der Waals surface area contributed by atoms with E-state index >= 15 is 0 Å². The van der Waals surface area contributed by atoms with Crippen molar-refractivity contribution in [2.45, 2.75) is 38.1 Å². The smallest absolute Gasteiger partial charge is 0.317 e. The molecule has 0 amide bonds. The number of esters is 2. The molecule has 1 aliphatic carbocycles. The Kier molecular flexibility index (Phi) is 7.50. The van der Waals surface area contributed by atoms with Gasteiger partial charge in [-0.3, -0.25) is 14.4 Å². The number of carbonyl (C=O) groups is 3. The minimum absolute atomic E-state index is 0.0148. The van der Waals surface area contributed by atoms with Crippen molar-refractivity contribution in [3.05, 3.63) is 102 Å². The average Bonchev–Trinajstić information content (AvgIpc) is 2.86. The first kappa shape index (κ1) is 25.1. The molecule has 1 aliphatic rings. The van der Waals surface area contributed by atoms with Crippen LogP contribution in [-0.4, -0.2) is 33.5 Å². The second-order valence-corrected chi connectivity index (χ2v) is 9.26. The molecule has 0 radical (unpaired) electrons. The number of rotatable bonds is 7. The van der Waals surface area contributed by atoms with Gasteiger partial charge in [0.15, 0.2) is 5.78 Å². The second-order valence-electron chi connectivity index (χ2n) is 9.26.